The highest BCUT2D eigenvalue weighted by molar-refractivity contribution is 7.89. The van der Waals surface area contributed by atoms with Crippen molar-refractivity contribution in [1.82, 2.24) is 4.31 Å². The summed E-state index contributed by atoms with van der Waals surface area (Å²) in [7, 11) is -3.45. The Hall–Kier alpha value is -1.89. The van der Waals surface area contributed by atoms with Gasteiger partial charge in [0, 0.05) is 25.9 Å². The van der Waals surface area contributed by atoms with Gasteiger partial charge in [0.15, 0.2) is 0 Å². The molecule has 1 aromatic carbocycles. The van der Waals surface area contributed by atoms with E-state index in [4.69, 9.17) is 10.5 Å². The maximum atomic E-state index is 13.1. The zero-order chi connectivity index (χ0) is 21.9. The maximum Gasteiger partial charge on any atom is 0.243 e. The van der Waals surface area contributed by atoms with Gasteiger partial charge in [0.1, 0.15) is 0 Å². The van der Waals surface area contributed by atoms with Crippen LogP contribution < -0.4 is 0 Å². The van der Waals surface area contributed by atoms with E-state index < -0.39 is 10.0 Å². The maximum absolute atomic E-state index is 13.1. The van der Waals surface area contributed by atoms with Crippen LogP contribution in [-0.2, 0) is 10.0 Å². The number of hydrogen-bond donors (Lipinski definition) is 0. The van der Waals surface area contributed by atoms with Crippen molar-refractivity contribution >= 4 is 10.0 Å². The van der Waals surface area contributed by atoms with E-state index in [1.807, 2.05) is 6.07 Å². The first kappa shape index (κ1) is 26.1. The summed E-state index contributed by atoms with van der Waals surface area (Å²) in [6.45, 7) is 1.13. The van der Waals surface area contributed by atoms with Crippen molar-refractivity contribution in [1.29, 1.82) is 10.5 Å². The highest BCUT2D eigenvalue weighted by Gasteiger charge is 2.23. The summed E-state index contributed by atoms with van der Waals surface area (Å²) < 4.78 is 27.8. The Morgan fingerprint density at radius 1 is 0.633 bits per heavy atom. The van der Waals surface area contributed by atoms with E-state index in [0.29, 0.717) is 30.8 Å². The van der Waals surface area contributed by atoms with E-state index in [1.165, 1.54) is 0 Å². The molecule has 6 heteroatoms. The second-order valence-corrected chi connectivity index (χ2v) is 9.71. The molecule has 0 amide bonds. The summed E-state index contributed by atoms with van der Waals surface area (Å²) in [6, 6.07) is 13.1. The Bertz CT molecular complexity index is 706. The number of unbranched alkanes of at least 4 members (excludes halogenated alkanes) is 12. The molecule has 166 valence electrons. The van der Waals surface area contributed by atoms with Crippen LogP contribution in [0.2, 0.25) is 0 Å². The van der Waals surface area contributed by atoms with Gasteiger partial charge in [0.25, 0.3) is 0 Å². The van der Waals surface area contributed by atoms with Gasteiger partial charge in [0.05, 0.1) is 17.0 Å². The zero-order valence-corrected chi connectivity index (χ0v) is 19.1. The molecule has 0 saturated carbocycles. The van der Waals surface area contributed by atoms with Crippen LogP contribution in [0, 0.1) is 22.7 Å². The van der Waals surface area contributed by atoms with Gasteiger partial charge in [-0.3, -0.25) is 0 Å². The van der Waals surface area contributed by atoms with Crippen molar-refractivity contribution in [3.05, 3.63) is 30.3 Å². The van der Waals surface area contributed by atoms with E-state index in [9.17, 15) is 8.42 Å². The molecule has 0 fully saturated rings. The van der Waals surface area contributed by atoms with E-state index in [0.717, 1.165) is 77.0 Å². The lowest BCUT2D eigenvalue weighted by Crippen LogP contribution is -2.33. The SMILES string of the molecule is N#CCCCCCCCCN(CCCCCCCCC#N)S(=O)(=O)c1ccccc1. The third-order valence-corrected chi connectivity index (χ3v) is 7.19. The van der Waals surface area contributed by atoms with Gasteiger partial charge >= 0.3 is 0 Å². The van der Waals surface area contributed by atoms with Gasteiger partial charge in [-0.2, -0.15) is 14.8 Å². The molecule has 0 aliphatic carbocycles. The normalized spacial score (nSPS) is 11.3. The number of rotatable bonds is 18. The molecule has 0 atom stereocenters. The standard InChI is InChI=1S/C24H37N3O2S/c25-20-14-7-3-1-5-9-16-22-27(23-17-10-6-2-4-8-15-21-26)30(28,29)24-18-12-11-13-19-24/h11-13,18-19H,1-10,14-17,22-23H2. The fraction of sp³-hybridized carbons (Fsp3) is 0.667. The lowest BCUT2D eigenvalue weighted by Gasteiger charge is -2.22. The Morgan fingerprint density at radius 3 is 1.47 bits per heavy atom. The molecule has 0 aliphatic heterocycles. The van der Waals surface area contributed by atoms with Gasteiger partial charge in [-0.25, -0.2) is 8.42 Å². The fourth-order valence-electron chi connectivity index (χ4n) is 3.49. The third-order valence-electron chi connectivity index (χ3n) is 5.27. The van der Waals surface area contributed by atoms with E-state index in [-0.39, 0.29) is 0 Å². The predicted molar refractivity (Wildman–Crippen MR) is 121 cm³/mol. The molecule has 0 radical (unpaired) electrons. The predicted octanol–water partition coefficient (Wildman–Crippen LogP) is 6.19. The molecular weight excluding hydrogens is 394 g/mol. The Morgan fingerprint density at radius 2 is 1.03 bits per heavy atom. The minimum absolute atomic E-state index is 0.373. The van der Waals surface area contributed by atoms with Crippen LogP contribution in [0.25, 0.3) is 0 Å². The zero-order valence-electron chi connectivity index (χ0n) is 18.3. The number of nitriles is 2. The average Bonchev–Trinajstić information content (AvgIpc) is 2.76. The summed E-state index contributed by atoms with van der Waals surface area (Å²) in [4.78, 5) is 0.373. The largest absolute Gasteiger partial charge is 0.243 e. The molecule has 0 spiro atoms. The quantitative estimate of drug-likeness (QED) is 0.259. The fourth-order valence-corrected chi connectivity index (χ4v) is 5.03. The summed E-state index contributed by atoms with van der Waals surface area (Å²) >= 11 is 0. The molecule has 0 N–H and O–H groups in total. The summed E-state index contributed by atoms with van der Waals surface area (Å²) in [5, 5.41) is 17.1. The topological polar surface area (TPSA) is 85.0 Å². The van der Waals surface area contributed by atoms with Crippen molar-refractivity contribution in [2.45, 2.75) is 94.8 Å². The second kappa shape index (κ2) is 16.9. The molecular formula is C24H37N3O2S. The molecule has 0 saturated heterocycles. The lowest BCUT2D eigenvalue weighted by molar-refractivity contribution is 0.383. The molecule has 0 bridgehead atoms. The molecule has 0 heterocycles. The first-order valence-electron chi connectivity index (χ1n) is 11.4. The van der Waals surface area contributed by atoms with Crippen LogP contribution in [-0.4, -0.2) is 25.8 Å². The number of hydrogen-bond acceptors (Lipinski definition) is 4. The highest BCUT2D eigenvalue weighted by Crippen LogP contribution is 2.18. The van der Waals surface area contributed by atoms with Gasteiger partial charge in [-0.15, -0.1) is 0 Å². The van der Waals surface area contributed by atoms with Crippen LogP contribution in [0.5, 0.6) is 0 Å². The summed E-state index contributed by atoms with van der Waals surface area (Å²) in [5.41, 5.74) is 0. The average molecular weight is 432 g/mol. The third kappa shape index (κ3) is 11.3. The molecule has 0 unspecified atom stereocenters. The molecule has 1 aromatic rings. The minimum atomic E-state index is -3.45. The molecule has 1 rings (SSSR count). The lowest BCUT2D eigenvalue weighted by atomic mass is 10.1. The minimum Gasteiger partial charge on any atom is -0.207 e. The Kier molecular flexibility index (Phi) is 14.7. The summed E-state index contributed by atoms with van der Waals surface area (Å²) in [6.07, 6.45) is 13.5. The van der Waals surface area contributed by atoms with Crippen molar-refractivity contribution in [2.75, 3.05) is 13.1 Å². The highest BCUT2D eigenvalue weighted by atomic mass is 32.2. The van der Waals surface area contributed by atoms with Gasteiger partial charge < -0.3 is 0 Å². The van der Waals surface area contributed by atoms with Crippen LogP contribution in [0.1, 0.15) is 89.9 Å². The smallest absolute Gasteiger partial charge is 0.207 e. The monoisotopic (exact) mass is 431 g/mol. The van der Waals surface area contributed by atoms with Crippen molar-refractivity contribution in [3.8, 4) is 12.1 Å². The molecule has 5 nitrogen and oxygen atoms in total. The van der Waals surface area contributed by atoms with Crippen LogP contribution in [0.4, 0.5) is 0 Å². The molecule has 0 aliphatic rings. The van der Waals surface area contributed by atoms with Crippen LogP contribution in [0.15, 0.2) is 35.2 Å². The molecule has 0 aromatic heterocycles. The van der Waals surface area contributed by atoms with E-state index in [1.54, 1.807) is 28.6 Å². The number of sulfonamides is 1. The van der Waals surface area contributed by atoms with Gasteiger partial charge in [-0.1, -0.05) is 69.6 Å². The van der Waals surface area contributed by atoms with Crippen molar-refractivity contribution < 1.29 is 8.42 Å². The molecule has 30 heavy (non-hydrogen) atoms. The van der Waals surface area contributed by atoms with Crippen molar-refractivity contribution in [3.63, 3.8) is 0 Å². The number of nitrogens with zero attached hydrogens (tertiary/aromatic N) is 3. The first-order valence-corrected chi connectivity index (χ1v) is 12.9. The second-order valence-electron chi connectivity index (χ2n) is 7.78. The Labute approximate surface area is 183 Å². The van der Waals surface area contributed by atoms with Crippen LogP contribution >= 0.6 is 0 Å². The summed E-state index contributed by atoms with van der Waals surface area (Å²) in [5.74, 6) is 0. The van der Waals surface area contributed by atoms with E-state index in [2.05, 4.69) is 12.1 Å². The number of benzene rings is 1. The van der Waals surface area contributed by atoms with Crippen LogP contribution in [0.3, 0.4) is 0 Å². The first-order chi connectivity index (χ1) is 14.6. The van der Waals surface area contributed by atoms with Gasteiger partial charge in [0.2, 0.25) is 10.0 Å². The van der Waals surface area contributed by atoms with Crippen molar-refractivity contribution in [2.24, 2.45) is 0 Å². The van der Waals surface area contributed by atoms with Gasteiger partial charge in [-0.05, 0) is 37.8 Å². The Balaban J connectivity index is 2.44. The van der Waals surface area contributed by atoms with E-state index >= 15 is 0 Å².